The normalized spacial score (nSPS) is 17.9. The second-order valence-corrected chi connectivity index (χ2v) is 11.6. The van der Waals surface area contributed by atoms with Crippen LogP contribution in [0.25, 0.3) is 22.2 Å². The summed E-state index contributed by atoms with van der Waals surface area (Å²) < 4.78 is 0. The van der Waals surface area contributed by atoms with E-state index in [0.29, 0.717) is 23.7 Å². The van der Waals surface area contributed by atoms with Gasteiger partial charge in [-0.05, 0) is 76.5 Å². The topological polar surface area (TPSA) is 68.7 Å². The van der Waals surface area contributed by atoms with Gasteiger partial charge in [-0.3, -0.25) is 9.69 Å². The van der Waals surface area contributed by atoms with E-state index in [1.165, 1.54) is 32.4 Å². The number of nitrogens with one attached hydrogen (secondary N) is 1. The Morgan fingerprint density at radius 3 is 2.32 bits per heavy atom. The molecule has 0 spiro atoms. The number of phenolic OH excluding ortho intramolecular Hbond substituents is 1. The predicted molar refractivity (Wildman–Crippen MR) is 165 cm³/mol. The van der Waals surface area contributed by atoms with E-state index in [0.717, 1.165) is 53.7 Å². The Morgan fingerprint density at radius 1 is 0.927 bits per heavy atom. The van der Waals surface area contributed by atoms with Crippen molar-refractivity contribution in [2.75, 3.05) is 26.2 Å². The molecule has 0 unspecified atom stereocenters. The van der Waals surface area contributed by atoms with Crippen LogP contribution < -0.4 is 5.32 Å². The van der Waals surface area contributed by atoms with Crippen LogP contribution >= 0.6 is 0 Å². The van der Waals surface area contributed by atoms with E-state index in [4.69, 9.17) is 4.98 Å². The summed E-state index contributed by atoms with van der Waals surface area (Å²) in [5.74, 6) is 0.0235. The molecular formula is C35H40N4O2. The summed E-state index contributed by atoms with van der Waals surface area (Å²) in [7, 11) is 0. The van der Waals surface area contributed by atoms with Gasteiger partial charge in [0.1, 0.15) is 5.75 Å². The molecule has 0 saturated carbocycles. The molecule has 41 heavy (non-hydrogen) atoms. The van der Waals surface area contributed by atoms with Crippen LogP contribution in [0, 0.1) is 0 Å². The van der Waals surface area contributed by atoms with Crippen molar-refractivity contribution < 1.29 is 9.90 Å². The van der Waals surface area contributed by atoms with Crippen molar-refractivity contribution >= 4 is 16.8 Å². The molecule has 6 heteroatoms. The number of likely N-dealkylation sites (tertiary alicyclic amines) is 2. The fraction of sp³-hybridized carbons (Fsp3) is 0.371. The minimum Gasteiger partial charge on any atom is -0.508 e. The minimum absolute atomic E-state index is 0.116. The largest absolute Gasteiger partial charge is 0.508 e. The Bertz CT molecular complexity index is 1480. The highest BCUT2D eigenvalue weighted by Crippen LogP contribution is 2.34. The van der Waals surface area contributed by atoms with Crippen molar-refractivity contribution in [2.45, 2.75) is 57.7 Å². The quantitative estimate of drug-likeness (QED) is 0.274. The van der Waals surface area contributed by atoms with Crippen molar-refractivity contribution in [3.8, 4) is 17.0 Å². The van der Waals surface area contributed by atoms with E-state index in [9.17, 15) is 9.90 Å². The maximum absolute atomic E-state index is 14.2. The van der Waals surface area contributed by atoms with E-state index in [1.807, 2.05) is 61.5 Å². The highest BCUT2D eigenvalue weighted by molar-refractivity contribution is 6.09. The fourth-order valence-corrected chi connectivity index (χ4v) is 6.58. The van der Waals surface area contributed by atoms with Crippen molar-refractivity contribution in [2.24, 2.45) is 0 Å². The summed E-state index contributed by atoms with van der Waals surface area (Å²) in [4.78, 5) is 24.5. The Kier molecular flexibility index (Phi) is 8.31. The van der Waals surface area contributed by atoms with Crippen LogP contribution in [0.4, 0.5) is 0 Å². The van der Waals surface area contributed by atoms with Gasteiger partial charge in [0, 0.05) is 35.2 Å². The number of benzene rings is 3. The number of amides is 1. The molecule has 2 fully saturated rings. The molecule has 2 aliphatic rings. The summed E-state index contributed by atoms with van der Waals surface area (Å²) in [5.41, 5.74) is 5.05. The molecular weight excluding hydrogens is 508 g/mol. The molecule has 1 atom stereocenters. The number of carbonyl (C=O) groups excluding carboxylic acids is 1. The lowest BCUT2D eigenvalue weighted by atomic mass is 9.93. The summed E-state index contributed by atoms with van der Waals surface area (Å²) in [6.07, 6.45) is 6.31. The maximum atomic E-state index is 14.2. The lowest BCUT2D eigenvalue weighted by Gasteiger charge is -2.40. The summed E-state index contributed by atoms with van der Waals surface area (Å²) in [6.45, 7) is 7.15. The van der Waals surface area contributed by atoms with E-state index >= 15 is 0 Å². The number of hydrogen-bond acceptors (Lipinski definition) is 5. The average Bonchev–Trinajstić information content (AvgIpc) is 3.02. The lowest BCUT2D eigenvalue weighted by Crippen LogP contribution is -2.46. The molecule has 6 rings (SSSR count). The first-order valence-electron chi connectivity index (χ1n) is 15.1. The number of rotatable bonds is 7. The Balaban J connectivity index is 1.38. The number of hydrogen-bond donors (Lipinski definition) is 2. The molecule has 2 saturated heterocycles. The van der Waals surface area contributed by atoms with Crippen molar-refractivity contribution in [3.63, 3.8) is 0 Å². The van der Waals surface area contributed by atoms with Gasteiger partial charge in [-0.2, -0.15) is 0 Å². The molecule has 2 aliphatic heterocycles. The molecule has 1 amide bonds. The van der Waals surface area contributed by atoms with Gasteiger partial charge in [-0.1, -0.05) is 67.1 Å². The Hall–Kier alpha value is -3.74. The zero-order valence-electron chi connectivity index (χ0n) is 23.9. The highest BCUT2D eigenvalue weighted by Gasteiger charge is 2.29. The standard InChI is InChI=1S/C35H40N4O2/c1-25(26-11-5-2-6-12-26)36-35(41)33-30-16-15-29(40)23-32(30)37-34(27-13-7-3-8-14-27)31(33)24-38-21-17-28(18-22-38)39-19-9-4-10-20-39/h2-3,5-8,11-16,23,25,28,40H,4,9-10,17-22,24H2,1H3,(H,36,41)/t25-/m0/s1. The number of carbonyl (C=O) groups is 1. The summed E-state index contributed by atoms with van der Waals surface area (Å²) in [6, 6.07) is 25.8. The third kappa shape index (κ3) is 6.14. The fourth-order valence-electron chi connectivity index (χ4n) is 6.58. The summed E-state index contributed by atoms with van der Waals surface area (Å²) >= 11 is 0. The van der Waals surface area contributed by atoms with Crippen LogP contribution in [-0.4, -0.2) is 58.0 Å². The molecule has 3 heterocycles. The van der Waals surface area contributed by atoms with Crippen LogP contribution in [-0.2, 0) is 6.54 Å². The van der Waals surface area contributed by atoms with E-state index in [2.05, 4.69) is 27.2 Å². The zero-order chi connectivity index (χ0) is 28.2. The van der Waals surface area contributed by atoms with Crippen LogP contribution in [0.3, 0.4) is 0 Å². The van der Waals surface area contributed by atoms with Crippen LogP contribution in [0.15, 0.2) is 78.9 Å². The van der Waals surface area contributed by atoms with Gasteiger partial charge in [-0.25, -0.2) is 4.98 Å². The van der Waals surface area contributed by atoms with Gasteiger partial charge in [-0.15, -0.1) is 0 Å². The van der Waals surface area contributed by atoms with Crippen molar-refractivity contribution in [1.29, 1.82) is 0 Å². The van der Waals surface area contributed by atoms with Crippen LogP contribution in [0.2, 0.25) is 0 Å². The van der Waals surface area contributed by atoms with Crippen molar-refractivity contribution in [1.82, 2.24) is 20.1 Å². The molecule has 4 aromatic rings. The van der Waals surface area contributed by atoms with Gasteiger partial charge in [0.15, 0.2) is 0 Å². The Morgan fingerprint density at radius 2 is 1.61 bits per heavy atom. The van der Waals surface area contributed by atoms with E-state index in [-0.39, 0.29) is 17.7 Å². The predicted octanol–water partition coefficient (Wildman–Crippen LogP) is 6.55. The average molecular weight is 549 g/mol. The number of phenols is 1. The smallest absolute Gasteiger partial charge is 0.252 e. The van der Waals surface area contributed by atoms with Gasteiger partial charge in [0.2, 0.25) is 0 Å². The van der Waals surface area contributed by atoms with Crippen LogP contribution in [0.5, 0.6) is 5.75 Å². The van der Waals surface area contributed by atoms with Gasteiger partial charge < -0.3 is 15.3 Å². The number of piperidine rings is 2. The molecule has 1 aromatic heterocycles. The maximum Gasteiger partial charge on any atom is 0.252 e. The molecule has 6 nitrogen and oxygen atoms in total. The third-order valence-electron chi connectivity index (χ3n) is 8.84. The van der Waals surface area contributed by atoms with Gasteiger partial charge in [0.25, 0.3) is 5.91 Å². The Labute approximate surface area is 243 Å². The number of aromatic nitrogens is 1. The monoisotopic (exact) mass is 548 g/mol. The van der Waals surface area contributed by atoms with Gasteiger partial charge >= 0.3 is 0 Å². The first kappa shape index (κ1) is 27.4. The number of fused-ring (bicyclic) bond motifs is 1. The lowest BCUT2D eigenvalue weighted by molar-refractivity contribution is 0.0884. The minimum atomic E-state index is -0.155. The molecule has 0 radical (unpaired) electrons. The molecule has 3 aromatic carbocycles. The number of nitrogens with zero attached hydrogens (tertiary/aromatic N) is 3. The highest BCUT2D eigenvalue weighted by atomic mass is 16.3. The molecule has 0 aliphatic carbocycles. The SMILES string of the molecule is C[C@H](NC(=O)c1c(CN2CCC(N3CCCCC3)CC2)c(-c2ccccc2)nc2cc(O)ccc12)c1ccccc1. The number of pyridine rings is 1. The van der Waals surface area contributed by atoms with Crippen LogP contribution in [0.1, 0.15) is 66.6 Å². The first-order chi connectivity index (χ1) is 20.1. The second kappa shape index (κ2) is 12.4. The second-order valence-electron chi connectivity index (χ2n) is 11.6. The zero-order valence-corrected chi connectivity index (χ0v) is 23.9. The number of aromatic hydroxyl groups is 1. The molecule has 2 N–H and O–H groups in total. The van der Waals surface area contributed by atoms with Gasteiger partial charge in [0.05, 0.1) is 22.8 Å². The van der Waals surface area contributed by atoms with E-state index < -0.39 is 0 Å². The van der Waals surface area contributed by atoms with E-state index in [1.54, 1.807) is 12.1 Å². The summed E-state index contributed by atoms with van der Waals surface area (Å²) in [5, 5.41) is 14.4. The third-order valence-corrected chi connectivity index (χ3v) is 8.84. The molecule has 0 bridgehead atoms. The first-order valence-corrected chi connectivity index (χ1v) is 15.1. The van der Waals surface area contributed by atoms with Crippen molar-refractivity contribution in [3.05, 3.63) is 95.6 Å². The molecule has 212 valence electrons.